The number of ether oxygens (including phenoxy) is 2. The number of carbonyl (C=O) groups excluding carboxylic acids is 3. The maximum Gasteiger partial charge on any atom is 0.337 e. The first kappa shape index (κ1) is 23.1. The number of nitrogens with one attached hydrogen (secondary N) is 1. The van der Waals surface area contributed by atoms with E-state index in [1.807, 2.05) is 20.8 Å². The van der Waals surface area contributed by atoms with Crippen molar-refractivity contribution in [2.75, 3.05) is 7.11 Å². The third-order valence-electron chi connectivity index (χ3n) is 6.05. The van der Waals surface area contributed by atoms with Crippen LogP contribution in [-0.2, 0) is 23.9 Å². The standard InChI is InChI=1S/C24H28ClNO5/c1-6-13(3)31-24(29)19-14(4)26-17-11-12(2)18(23(28)30-5)22(27)21(17)20(19)15-7-9-16(25)10-8-15/h7-10,12-13,18,20,26H,6,11H2,1-5H3/t12-,13-,18-,20+/m1/s1. The number of ketones is 1. The highest BCUT2D eigenvalue weighted by atomic mass is 35.5. The lowest BCUT2D eigenvalue weighted by molar-refractivity contribution is -0.151. The number of hydrogen-bond donors (Lipinski definition) is 1. The molecule has 1 N–H and O–H groups in total. The summed E-state index contributed by atoms with van der Waals surface area (Å²) >= 11 is 6.08. The zero-order valence-electron chi connectivity index (χ0n) is 18.5. The molecule has 0 radical (unpaired) electrons. The van der Waals surface area contributed by atoms with Gasteiger partial charge in [0, 0.05) is 27.9 Å². The summed E-state index contributed by atoms with van der Waals surface area (Å²) in [7, 11) is 1.28. The van der Waals surface area contributed by atoms with Crippen LogP contribution in [0.2, 0.25) is 5.02 Å². The van der Waals surface area contributed by atoms with Gasteiger partial charge in [0.25, 0.3) is 0 Å². The SMILES string of the molecule is CC[C@@H](C)OC(=O)C1=C(C)NC2=C(C(=O)[C@H](C(=O)OC)[C@H](C)C2)[C@H]1c1ccc(Cl)cc1. The summed E-state index contributed by atoms with van der Waals surface area (Å²) in [6, 6.07) is 7.04. The molecule has 0 amide bonds. The van der Waals surface area contributed by atoms with Crippen LogP contribution in [0.4, 0.5) is 0 Å². The first-order chi connectivity index (χ1) is 14.7. The van der Waals surface area contributed by atoms with Gasteiger partial charge in [-0.2, -0.15) is 0 Å². The number of esters is 2. The Morgan fingerprint density at radius 2 is 1.90 bits per heavy atom. The van der Waals surface area contributed by atoms with Gasteiger partial charge in [0.05, 0.1) is 18.8 Å². The number of benzene rings is 1. The average Bonchev–Trinajstić information content (AvgIpc) is 2.72. The van der Waals surface area contributed by atoms with Gasteiger partial charge >= 0.3 is 11.9 Å². The van der Waals surface area contributed by atoms with Crippen molar-refractivity contribution in [3.8, 4) is 0 Å². The van der Waals surface area contributed by atoms with Gasteiger partial charge < -0.3 is 14.8 Å². The second-order valence-electron chi connectivity index (χ2n) is 8.21. The lowest BCUT2D eigenvalue weighted by atomic mass is 9.69. The molecule has 0 spiro atoms. The van der Waals surface area contributed by atoms with Crippen molar-refractivity contribution < 1.29 is 23.9 Å². The predicted molar refractivity (Wildman–Crippen MR) is 117 cm³/mol. The number of carbonyl (C=O) groups is 3. The minimum atomic E-state index is -0.911. The van der Waals surface area contributed by atoms with E-state index < -0.39 is 23.8 Å². The minimum absolute atomic E-state index is 0.224. The molecule has 0 saturated heterocycles. The number of methoxy groups -OCH3 is 1. The van der Waals surface area contributed by atoms with Crippen LogP contribution in [0.15, 0.2) is 46.8 Å². The van der Waals surface area contributed by atoms with Crippen LogP contribution in [0.25, 0.3) is 0 Å². The molecule has 7 heteroatoms. The van der Waals surface area contributed by atoms with E-state index in [0.29, 0.717) is 34.7 Å². The normalized spacial score (nSPS) is 24.3. The van der Waals surface area contributed by atoms with E-state index in [2.05, 4.69) is 5.32 Å². The molecule has 6 nitrogen and oxygen atoms in total. The summed E-state index contributed by atoms with van der Waals surface area (Å²) < 4.78 is 10.5. The fourth-order valence-electron chi connectivity index (χ4n) is 4.27. The van der Waals surface area contributed by atoms with Gasteiger partial charge in [-0.3, -0.25) is 9.59 Å². The van der Waals surface area contributed by atoms with E-state index in [1.165, 1.54) is 7.11 Å². The zero-order chi connectivity index (χ0) is 22.9. The highest BCUT2D eigenvalue weighted by molar-refractivity contribution is 6.30. The van der Waals surface area contributed by atoms with Crippen LogP contribution in [0.5, 0.6) is 0 Å². The Labute approximate surface area is 187 Å². The molecule has 3 rings (SSSR count). The lowest BCUT2D eigenvalue weighted by Crippen LogP contribution is -2.43. The Bertz CT molecular complexity index is 963. The van der Waals surface area contributed by atoms with Gasteiger partial charge in [0.2, 0.25) is 0 Å². The molecule has 0 fully saturated rings. The number of hydrogen-bond acceptors (Lipinski definition) is 6. The van der Waals surface area contributed by atoms with Crippen LogP contribution in [0.1, 0.15) is 52.0 Å². The third-order valence-corrected chi connectivity index (χ3v) is 6.30. The summed E-state index contributed by atoms with van der Waals surface area (Å²) in [5, 5.41) is 3.80. The third kappa shape index (κ3) is 4.40. The van der Waals surface area contributed by atoms with Gasteiger partial charge in [-0.05, 0) is 50.3 Å². The Balaban J connectivity index is 2.15. The molecule has 2 aliphatic rings. The Morgan fingerprint density at radius 1 is 1.26 bits per heavy atom. The van der Waals surface area contributed by atoms with Crippen molar-refractivity contribution in [3.05, 3.63) is 57.4 Å². The fraction of sp³-hybridized carbons (Fsp3) is 0.458. The maximum atomic E-state index is 13.6. The molecule has 1 aromatic rings. The molecule has 166 valence electrons. The fourth-order valence-corrected chi connectivity index (χ4v) is 4.40. The van der Waals surface area contributed by atoms with Gasteiger partial charge in [-0.15, -0.1) is 0 Å². The van der Waals surface area contributed by atoms with Crippen molar-refractivity contribution in [1.82, 2.24) is 5.32 Å². The molecule has 1 aromatic carbocycles. The molecule has 1 aliphatic carbocycles. The van der Waals surface area contributed by atoms with Crippen molar-refractivity contribution in [1.29, 1.82) is 0 Å². The summed E-state index contributed by atoms with van der Waals surface area (Å²) in [4.78, 5) is 39.2. The van der Waals surface area contributed by atoms with Crippen molar-refractivity contribution in [2.45, 2.75) is 52.6 Å². The monoisotopic (exact) mass is 445 g/mol. The van der Waals surface area contributed by atoms with Gasteiger partial charge in [0.1, 0.15) is 5.92 Å². The molecular weight excluding hydrogens is 418 g/mol. The van der Waals surface area contributed by atoms with Gasteiger partial charge in [-0.1, -0.05) is 37.6 Å². The molecule has 31 heavy (non-hydrogen) atoms. The second kappa shape index (κ2) is 9.27. The summed E-state index contributed by atoms with van der Waals surface area (Å²) in [6.07, 6.45) is 0.904. The van der Waals surface area contributed by atoms with Crippen molar-refractivity contribution in [3.63, 3.8) is 0 Å². The largest absolute Gasteiger partial charge is 0.468 e. The van der Waals surface area contributed by atoms with E-state index in [1.54, 1.807) is 31.2 Å². The molecule has 0 unspecified atom stereocenters. The highest BCUT2D eigenvalue weighted by Gasteiger charge is 2.47. The number of allylic oxidation sites excluding steroid dienone is 3. The Kier molecular flexibility index (Phi) is 6.90. The molecule has 0 saturated carbocycles. The summed E-state index contributed by atoms with van der Waals surface area (Å²) in [5.41, 5.74) is 2.89. The maximum absolute atomic E-state index is 13.6. The molecule has 0 aromatic heterocycles. The lowest BCUT2D eigenvalue weighted by Gasteiger charge is -2.38. The zero-order valence-corrected chi connectivity index (χ0v) is 19.2. The van der Waals surface area contributed by atoms with Crippen LogP contribution < -0.4 is 5.32 Å². The Morgan fingerprint density at radius 3 is 2.48 bits per heavy atom. The topological polar surface area (TPSA) is 81.7 Å². The van der Waals surface area contributed by atoms with Crippen LogP contribution in [0, 0.1) is 11.8 Å². The van der Waals surface area contributed by atoms with Crippen LogP contribution in [-0.4, -0.2) is 30.9 Å². The van der Waals surface area contributed by atoms with Gasteiger partial charge in [-0.25, -0.2) is 4.79 Å². The van der Waals surface area contributed by atoms with Gasteiger partial charge in [0.15, 0.2) is 5.78 Å². The molecule has 0 bridgehead atoms. The van der Waals surface area contributed by atoms with Crippen LogP contribution in [0.3, 0.4) is 0 Å². The number of Topliss-reactive ketones (excluding diaryl/α,β-unsaturated/α-hetero) is 1. The quantitative estimate of drug-likeness (QED) is 0.537. The van der Waals surface area contributed by atoms with E-state index >= 15 is 0 Å². The summed E-state index contributed by atoms with van der Waals surface area (Å²) in [5.74, 6) is -3.16. The Hall–Kier alpha value is -2.60. The highest BCUT2D eigenvalue weighted by Crippen LogP contribution is 2.45. The van der Waals surface area contributed by atoms with Crippen molar-refractivity contribution in [2.24, 2.45) is 11.8 Å². The number of rotatable bonds is 5. The predicted octanol–water partition coefficient (Wildman–Crippen LogP) is 4.29. The second-order valence-corrected chi connectivity index (χ2v) is 8.65. The van der Waals surface area contributed by atoms with Crippen molar-refractivity contribution >= 4 is 29.3 Å². The number of halogens is 1. The van der Waals surface area contributed by atoms with E-state index in [4.69, 9.17) is 21.1 Å². The molecule has 1 heterocycles. The molecule has 1 aliphatic heterocycles. The van der Waals surface area contributed by atoms with Crippen LogP contribution >= 0.6 is 11.6 Å². The molecular formula is C24H28ClNO5. The van der Waals surface area contributed by atoms with E-state index in [9.17, 15) is 14.4 Å². The minimum Gasteiger partial charge on any atom is -0.468 e. The molecule has 4 atom stereocenters. The first-order valence-electron chi connectivity index (χ1n) is 10.5. The average molecular weight is 446 g/mol. The number of dihydropyridines is 1. The van der Waals surface area contributed by atoms with E-state index in [0.717, 1.165) is 11.3 Å². The first-order valence-corrected chi connectivity index (χ1v) is 10.9. The summed E-state index contributed by atoms with van der Waals surface area (Å²) in [6.45, 7) is 7.42. The smallest absolute Gasteiger partial charge is 0.337 e. The van der Waals surface area contributed by atoms with E-state index in [-0.39, 0.29) is 17.8 Å².